The molecule has 0 spiro atoms. The van der Waals surface area contributed by atoms with Gasteiger partial charge in [-0.05, 0) is 37.5 Å². The molecule has 8 nitrogen and oxygen atoms in total. The van der Waals surface area contributed by atoms with Gasteiger partial charge >= 0.3 is 5.97 Å². The van der Waals surface area contributed by atoms with Gasteiger partial charge in [-0.3, -0.25) is 14.2 Å². The van der Waals surface area contributed by atoms with Crippen LogP contribution < -0.4 is 16.2 Å². The van der Waals surface area contributed by atoms with Gasteiger partial charge in [-0.1, -0.05) is 18.2 Å². The van der Waals surface area contributed by atoms with Gasteiger partial charge in [0.1, 0.15) is 4.70 Å². The molecule has 160 valence electrons. The molecule has 0 radical (unpaired) electrons. The lowest BCUT2D eigenvalue weighted by atomic mass is 10.1. The summed E-state index contributed by atoms with van der Waals surface area (Å²) in [5, 5.41) is 18.8. The van der Waals surface area contributed by atoms with Crippen molar-refractivity contribution < 1.29 is 9.90 Å². The molecule has 0 bridgehead atoms. The fraction of sp³-hybridized carbons (Fsp3) is 0.364. The van der Waals surface area contributed by atoms with E-state index in [-0.39, 0.29) is 18.1 Å². The number of fused-ring (bicyclic) bond motifs is 1. The summed E-state index contributed by atoms with van der Waals surface area (Å²) in [6.07, 6.45) is 1.81. The molecular weight excluding hydrogens is 414 g/mol. The van der Waals surface area contributed by atoms with E-state index >= 15 is 0 Å². The Morgan fingerprint density at radius 1 is 1.45 bits per heavy atom. The minimum absolute atomic E-state index is 0.00809. The summed E-state index contributed by atoms with van der Waals surface area (Å²) in [6, 6.07) is 11.0. The van der Waals surface area contributed by atoms with Crippen LogP contribution in [0.25, 0.3) is 10.2 Å². The number of hydrogen-bond donors (Lipinski definition) is 2. The third-order valence-electron chi connectivity index (χ3n) is 5.64. The summed E-state index contributed by atoms with van der Waals surface area (Å²) in [5.74, 6) is -1.16. The molecule has 1 aromatic carbocycles. The van der Waals surface area contributed by atoms with Gasteiger partial charge in [0.15, 0.2) is 0 Å². The predicted octanol–water partition coefficient (Wildman–Crippen LogP) is 2.49. The van der Waals surface area contributed by atoms with Gasteiger partial charge in [0.25, 0.3) is 5.56 Å². The number of anilines is 1. The van der Waals surface area contributed by atoms with Gasteiger partial charge in [-0.15, -0.1) is 11.3 Å². The molecule has 0 amide bonds. The molecule has 2 aromatic heterocycles. The zero-order valence-corrected chi connectivity index (χ0v) is 17.9. The molecule has 1 saturated heterocycles. The Hall–Kier alpha value is -3.22. The SMILES string of the molecule is CC(C(=O)O)c1cc2nc(N3CCC[C@@H](N)C3)n(Cc3ccccc3C#N)c(=O)c2s1. The van der Waals surface area contributed by atoms with E-state index in [1.807, 2.05) is 17.0 Å². The second-order valence-electron chi connectivity index (χ2n) is 7.84. The van der Waals surface area contributed by atoms with Crippen LogP contribution in [0.5, 0.6) is 0 Å². The van der Waals surface area contributed by atoms with Crippen molar-refractivity contribution >= 4 is 33.5 Å². The van der Waals surface area contributed by atoms with Crippen LogP contribution in [0.3, 0.4) is 0 Å². The molecule has 2 atom stereocenters. The number of nitrogens with zero attached hydrogens (tertiary/aromatic N) is 4. The Bertz CT molecular complexity index is 1240. The first-order valence-electron chi connectivity index (χ1n) is 10.1. The topological polar surface area (TPSA) is 125 Å². The highest BCUT2D eigenvalue weighted by molar-refractivity contribution is 7.19. The van der Waals surface area contributed by atoms with Crippen molar-refractivity contribution in [3.05, 3.63) is 56.7 Å². The summed E-state index contributed by atoms with van der Waals surface area (Å²) in [7, 11) is 0. The first-order chi connectivity index (χ1) is 14.9. The number of thiophene rings is 1. The number of nitriles is 1. The maximum atomic E-state index is 13.5. The highest BCUT2D eigenvalue weighted by atomic mass is 32.1. The predicted molar refractivity (Wildman–Crippen MR) is 120 cm³/mol. The van der Waals surface area contributed by atoms with E-state index < -0.39 is 11.9 Å². The Balaban J connectivity index is 1.89. The maximum absolute atomic E-state index is 13.5. The fourth-order valence-corrected chi connectivity index (χ4v) is 4.96. The molecule has 0 aliphatic carbocycles. The molecule has 3 N–H and O–H groups in total. The van der Waals surface area contributed by atoms with Gasteiger partial charge in [0.2, 0.25) is 5.95 Å². The zero-order valence-electron chi connectivity index (χ0n) is 17.1. The van der Waals surface area contributed by atoms with Gasteiger partial charge in [0, 0.05) is 24.0 Å². The fourth-order valence-electron chi connectivity index (χ4n) is 3.87. The van der Waals surface area contributed by atoms with E-state index in [1.54, 1.807) is 29.7 Å². The molecule has 31 heavy (non-hydrogen) atoms. The number of aromatic nitrogens is 2. The number of aliphatic carboxylic acids is 1. The van der Waals surface area contributed by atoms with Crippen molar-refractivity contribution in [2.75, 3.05) is 18.0 Å². The smallest absolute Gasteiger partial charge is 0.311 e. The second-order valence-corrected chi connectivity index (χ2v) is 8.93. The lowest BCUT2D eigenvalue weighted by Crippen LogP contribution is -2.45. The first-order valence-corrected chi connectivity index (χ1v) is 11.0. The molecule has 1 fully saturated rings. The van der Waals surface area contributed by atoms with E-state index in [4.69, 9.17) is 10.7 Å². The Kier molecular flexibility index (Phi) is 5.76. The third kappa shape index (κ3) is 4.04. The number of piperidine rings is 1. The van der Waals surface area contributed by atoms with E-state index in [1.165, 1.54) is 11.3 Å². The van der Waals surface area contributed by atoms with E-state index in [0.29, 0.717) is 33.2 Å². The van der Waals surface area contributed by atoms with Crippen LogP contribution in [-0.2, 0) is 11.3 Å². The highest BCUT2D eigenvalue weighted by Crippen LogP contribution is 2.30. The Labute approximate surface area is 183 Å². The summed E-state index contributed by atoms with van der Waals surface area (Å²) >= 11 is 1.17. The minimum atomic E-state index is -0.947. The van der Waals surface area contributed by atoms with Gasteiger partial charge in [-0.2, -0.15) is 5.26 Å². The second kappa shape index (κ2) is 8.49. The maximum Gasteiger partial charge on any atom is 0.311 e. The summed E-state index contributed by atoms with van der Waals surface area (Å²) in [5.41, 5.74) is 7.67. The number of carboxylic acids is 1. The quantitative estimate of drug-likeness (QED) is 0.628. The van der Waals surface area contributed by atoms with Crippen molar-refractivity contribution in [1.29, 1.82) is 5.26 Å². The largest absolute Gasteiger partial charge is 0.481 e. The lowest BCUT2D eigenvalue weighted by Gasteiger charge is -2.33. The minimum Gasteiger partial charge on any atom is -0.481 e. The van der Waals surface area contributed by atoms with E-state index in [2.05, 4.69) is 6.07 Å². The average Bonchev–Trinajstić information content (AvgIpc) is 3.19. The lowest BCUT2D eigenvalue weighted by molar-refractivity contribution is -0.138. The molecule has 9 heteroatoms. The first kappa shape index (κ1) is 21.0. The van der Waals surface area contributed by atoms with Crippen LogP contribution >= 0.6 is 11.3 Å². The van der Waals surface area contributed by atoms with E-state index in [0.717, 1.165) is 24.9 Å². The molecule has 4 rings (SSSR count). The molecular formula is C22H23N5O3S. The molecule has 0 saturated carbocycles. The number of hydrogen-bond acceptors (Lipinski definition) is 7. The van der Waals surface area contributed by atoms with Crippen LogP contribution in [0.4, 0.5) is 5.95 Å². The van der Waals surface area contributed by atoms with Crippen LogP contribution in [0.1, 0.15) is 41.7 Å². The van der Waals surface area contributed by atoms with Gasteiger partial charge < -0.3 is 15.7 Å². The van der Waals surface area contributed by atoms with Crippen LogP contribution in [-0.4, -0.2) is 39.8 Å². The van der Waals surface area contributed by atoms with Crippen LogP contribution in [0.2, 0.25) is 0 Å². The van der Waals surface area contributed by atoms with Crippen molar-refractivity contribution in [3.63, 3.8) is 0 Å². The number of nitrogens with two attached hydrogens (primary N) is 1. The Morgan fingerprint density at radius 2 is 2.23 bits per heavy atom. The highest BCUT2D eigenvalue weighted by Gasteiger charge is 2.25. The molecule has 1 aliphatic heterocycles. The summed E-state index contributed by atoms with van der Waals surface area (Å²) in [6.45, 7) is 3.11. The molecule has 1 aliphatic rings. The molecule has 3 aromatic rings. The van der Waals surface area contributed by atoms with Crippen molar-refractivity contribution in [2.45, 2.75) is 38.3 Å². The Morgan fingerprint density at radius 3 is 2.94 bits per heavy atom. The van der Waals surface area contributed by atoms with Crippen molar-refractivity contribution in [3.8, 4) is 6.07 Å². The van der Waals surface area contributed by atoms with E-state index in [9.17, 15) is 20.0 Å². The standard InChI is InChI=1S/C22H23N5O3S/c1-13(21(29)30)18-9-17-19(31-18)20(28)27(11-15-6-3-2-5-14(15)10-23)22(25-17)26-8-4-7-16(24)12-26/h2-3,5-6,9,13,16H,4,7-8,11-12,24H2,1H3,(H,29,30)/t13?,16-/m1/s1. The summed E-state index contributed by atoms with van der Waals surface area (Å²) in [4.78, 5) is 32.3. The number of rotatable bonds is 5. The number of benzene rings is 1. The molecule has 3 heterocycles. The van der Waals surface area contributed by atoms with Gasteiger partial charge in [-0.25, -0.2) is 4.98 Å². The van der Waals surface area contributed by atoms with Crippen molar-refractivity contribution in [2.24, 2.45) is 5.73 Å². The molecule has 1 unspecified atom stereocenters. The zero-order chi connectivity index (χ0) is 22.1. The number of carbonyl (C=O) groups is 1. The van der Waals surface area contributed by atoms with Gasteiger partial charge in [0.05, 0.1) is 29.6 Å². The van der Waals surface area contributed by atoms with Crippen LogP contribution in [0, 0.1) is 11.3 Å². The van der Waals surface area contributed by atoms with Crippen LogP contribution in [0.15, 0.2) is 35.1 Å². The monoisotopic (exact) mass is 437 g/mol. The van der Waals surface area contributed by atoms with Crippen molar-refractivity contribution in [1.82, 2.24) is 9.55 Å². The third-order valence-corrected chi connectivity index (χ3v) is 6.93. The normalized spacial score (nSPS) is 17.5. The average molecular weight is 438 g/mol. The number of carboxylic acid groups (broad SMARTS) is 1. The summed E-state index contributed by atoms with van der Waals surface area (Å²) < 4.78 is 2.00.